The smallest absolute Gasteiger partial charge is 0.175 e. The first kappa shape index (κ1) is 12.3. The largest absolute Gasteiger partial charge is 0.486 e. The number of rotatable bonds is 1. The summed E-state index contributed by atoms with van der Waals surface area (Å²) < 4.78 is 12.5. The molecule has 1 aromatic rings. The van der Waals surface area contributed by atoms with Gasteiger partial charge in [-0.2, -0.15) is 0 Å². The van der Waals surface area contributed by atoms with E-state index in [0.717, 1.165) is 29.1 Å². The number of hydrogen-bond donors (Lipinski definition) is 1. The molecule has 1 fully saturated rings. The third kappa shape index (κ3) is 2.12. The van der Waals surface area contributed by atoms with Crippen LogP contribution >= 0.6 is 15.9 Å². The van der Waals surface area contributed by atoms with Crippen molar-refractivity contribution in [1.82, 2.24) is 5.32 Å². The number of nitrogens with one attached hydrogen (secondary N) is 1. The molecule has 0 saturated carbocycles. The van der Waals surface area contributed by atoms with Crippen LogP contribution in [0.3, 0.4) is 0 Å². The molecule has 0 aliphatic carbocycles. The topological polar surface area (TPSA) is 30.5 Å². The van der Waals surface area contributed by atoms with Crippen molar-refractivity contribution in [2.45, 2.75) is 25.7 Å². The normalized spacial score (nSPS) is 22.9. The molecule has 2 heterocycles. The van der Waals surface area contributed by atoms with Crippen LogP contribution in [0.2, 0.25) is 0 Å². The maximum Gasteiger partial charge on any atom is 0.175 e. The van der Waals surface area contributed by atoms with Crippen LogP contribution in [0, 0.1) is 6.92 Å². The molecule has 1 N–H and O–H groups in total. The van der Waals surface area contributed by atoms with Crippen LogP contribution in [0.5, 0.6) is 11.5 Å². The standard InChI is InChI=1S/C14H18BrNO2/c1-9-11(10-3-2-4-16-8-10)7-12(15)14-13(9)17-5-6-18-14/h7,10,16H,2-6,8H2,1H3. The molecule has 0 radical (unpaired) electrons. The van der Waals surface area contributed by atoms with E-state index in [2.05, 4.69) is 34.2 Å². The Labute approximate surface area is 116 Å². The molecule has 0 bridgehead atoms. The predicted octanol–water partition coefficient (Wildman–Crippen LogP) is 3.00. The summed E-state index contributed by atoms with van der Waals surface area (Å²) >= 11 is 3.61. The van der Waals surface area contributed by atoms with Gasteiger partial charge in [-0.25, -0.2) is 0 Å². The second-order valence-electron chi connectivity index (χ2n) is 4.97. The molecule has 1 unspecified atom stereocenters. The number of piperidine rings is 1. The molecule has 1 saturated heterocycles. The molecule has 3 rings (SSSR count). The molecule has 1 aromatic carbocycles. The van der Waals surface area contributed by atoms with Crippen LogP contribution in [-0.2, 0) is 0 Å². The first-order valence-electron chi connectivity index (χ1n) is 6.56. The van der Waals surface area contributed by atoms with Gasteiger partial charge < -0.3 is 14.8 Å². The number of fused-ring (bicyclic) bond motifs is 1. The van der Waals surface area contributed by atoms with Gasteiger partial charge in [0.25, 0.3) is 0 Å². The van der Waals surface area contributed by atoms with Gasteiger partial charge in [0.15, 0.2) is 11.5 Å². The van der Waals surface area contributed by atoms with Crippen molar-refractivity contribution < 1.29 is 9.47 Å². The fourth-order valence-electron chi connectivity index (χ4n) is 2.86. The van der Waals surface area contributed by atoms with E-state index >= 15 is 0 Å². The lowest BCUT2D eigenvalue weighted by atomic mass is 9.88. The molecule has 0 spiro atoms. The van der Waals surface area contributed by atoms with Crippen molar-refractivity contribution in [2.24, 2.45) is 0 Å². The maximum absolute atomic E-state index is 5.79. The maximum atomic E-state index is 5.79. The summed E-state index contributed by atoms with van der Waals surface area (Å²) in [5, 5.41) is 3.47. The van der Waals surface area contributed by atoms with Gasteiger partial charge in [0, 0.05) is 6.54 Å². The van der Waals surface area contributed by atoms with Gasteiger partial charge in [0.1, 0.15) is 13.2 Å². The van der Waals surface area contributed by atoms with Gasteiger partial charge in [-0.05, 0) is 65.4 Å². The molecule has 98 valence electrons. The van der Waals surface area contributed by atoms with Crippen LogP contribution in [-0.4, -0.2) is 26.3 Å². The van der Waals surface area contributed by atoms with Gasteiger partial charge >= 0.3 is 0 Å². The highest BCUT2D eigenvalue weighted by Crippen LogP contribution is 2.44. The van der Waals surface area contributed by atoms with E-state index in [1.54, 1.807) is 0 Å². The Morgan fingerprint density at radius 3 is 2.78 bits per heavy atom. The van der Waals surface area contributed by atoms with Crippen molar-refractivity contribution in [1.29, 1.82) is 0 Å². The zero-order valence-electron chi connectivity index (χ0n) is 10.6. The van der Waals surface area contributed by atoms with Crippen LogP contribution in [0.15, 0.2) is 10.5 Å². The molecule has 0 aromatic heterocycles. The van der Waals surface area contributed by atoms with E-state index in [1.165, 1.54) is 24.0 Å². The van der Waals surface area contributed by atoms with Gasteiger partial charge in [-0.15, -0.1) is 0 Å². The molecule has 4 heteroatoms. The van der Waals surface area contributed by atoms with E-state index in [9.17, 15) is 0 Å². The number of halogens is 1. The fourth-order valence-corrected chi connectivity index (χ4v) is 3.40. The monoisotopic (exact) mass is 311 g/mol. The zero-order valence-corrected chi connectivity index (χ0v) is 12.2. The minimum Gasteiger partial charge on any atom is -0.486 e. The second-order valence-corrected chi connectivity index (χ2v) is 5.83. The predicted molar refractivity (Wildman–Crippen MR) is 74.7 cm³/mol. The second kappa shape index (κ2) is 5.10. The summed E-state index contributed by atoms with van der Waals surface area (Å²) in [4.78, 5) is 0. The molecule has 2 aliphatic rings. The Morgan fingerprint density at radius 2 is 2.06 bits per heavy atom. The molecule has 1 atom stereocenters. The molecule has 2 aliphatic heterocycles. The Bertz CT molecular complexity index is 456. The van der Waals surface area contributed by atoms with E-state index in [-0.39, 0.29) is 0 Å². The van der Waals surface area contributed by atoms with E-state index < -0.39 is 0 Å². The molecule has 0 amide bonds. The lowest BCUT2D eigenvalue weighted by molar-refractivity contribution is 0.169. The molecular formula is C14H18BrNO2. The summed E-state index contributed by atoms with van der Waals surface area (Å²) in [7, 11) is 0. The van der Waals surface area contributed by atoms with Gasteiger partial charge in [0.05, 0.1) is 4.47 Å². The summed E-state index contributed by atoms with van der Waals surface area (Å²) in [5.41, 5.74) is 2.62. The van der Waals surface area contributed by atoms with Crippen LogP contribution in [0.25, 0.3) is 0 Å². The van der Waals surface area contributed by atoms with Crippen molar-refractivity contribution in [2.75, 3.05) is 26.3 Å². The Morgan fingerprint density at radius 1 is 1.28 bits per heavy atom. The van der Waals surface area contributed by atoms with Crippen molar-refractivity contribution in [3.8, 4) is 11.5 Å². The lowest BCUT2D eigenvalue weighted by Gasteiger charge is -2.28. The van der Waals surface area contributed by atoms with Crippen molar-refractivity contribution >= 4 is 15.9 Å². The van der Waals surface area contributed by atoms with Crippen LogP contribution < -0.4 is 14.8 Å². The summed E-state index contributed by atoms with van der Waals surface area (Å²) in [6, 6.07) is 2.21. The molecule has 3 nitrogen and oxygen atoms in total. The van der Waals surface area contributed by atoms with Crippen molar-refractivity contribution in [3.63, 3.8) is 0 Å². The Kier molecular flexibility index (Phi) is 3.48. The van der Waals surface area contributed by atoms with Gasteiger partial charge in [-0.3, -0.25) is 0 Å². The zero-order chi connectivity index (χ0) is 12.5. The van der Waals surface area contributed by atoms with Crippen molar-refractivity contribution in [3.05, 3.63) is 21.7 Å². The minimum atomic E-state index is 0.589. The Balaban J connectivity index is 2.01. The highest BCUT2D eigenvalue weighted by atomic mass is 79.9. The lowest BCUT2D eigenvalue weighted by Crippen LogP contribution is -2.29. The first-order valence-corrected chi connectivity index (χ1v) is 7.36. The SMILES string of the molecule is Cc1c(C2CCCNC2)cc(Br)c2c1OCCO2. The molecular weight excluding hydrogens is 294 g/mol. The van der Waals surface area contributed by atoms with E-state index in [4.69, 9.17) is 9.47 Å². The highest BCUT2D eigenvalue weighted by molar-refractivity contribution is 9.10. The average Bonchev–Trinajstić information content (AvgIpc) is 2.44. The quantitative estimate of drug-likeness (QED) is 0.865. The van der Waals surface area contributed by atoms with Gasteiger partial charge in [-0.1, -0.05) is 0 Å². The summed E-state index contributed by atoms with van der Waals surface area (Å²) in [5.74, 6) is 2.38. The highest BCUT2D eigenvalue weighted by Gasteiger charge is 2.25. The van der Waals surface area contributed by atoms with Gasteiger partial charge in [0.2, 0.25) is 0 Å². The fraction of sp³-hybridized carbons (Fsp3) is 0.571. The van der Waals surface area contributed by atoms with Crippen LogP contribution in [0.4, 0.5) is 0 Å². The average molecular weight is 312 g/mol. The van der Waals surface area contributed by atoms with Crippen LogP contribution in [0.1, 0.15) is 29.9 Å². The van der Waals surface area contributed by atoms with E-state index in [1.807, 2.05) is 0 Å². The minimum absolute atomic E-state index is 0.589. The van der Waals surface area contributed by atoms with E-state index in [0.29, 0.717) is 19.1 Å². The first-order chi connectivity index (χ1) is 8.77. The third-order valence-corrected chi connectivity index (χ3v) is 4.38. The summed E-state index contributed by atoms with van der Waals surface area (Å²) in [6.07, 6.45) is 2.50. The summed E-state index contributed by atoms with van der Waals surface area (Å²) in [6.45, 7) is 5.63. The number of hydrogen-bond acceptors (Lipinski definition) is 3. The molecule has 18 heavy (non-hydrogen) atoms. The number of ether oxygens (including phenoxy) is 2. The third-order valence-electron chi connectivity index (χ3n) is 3.79. The number of benzene rings is 1. The Hall–Kier alpha value is -0.740.